The van der Waals surface area contributed by atoms with Crippen LogP contribution in [0.4, 0.5) is 0 Å². The Hall–Kier alpha value is -1.53. The molecule has 0 radical (unpaired) electrons. The van der Waals surface area contributed by atoms with Crippen molar-refractivity contribution in [3.63, 3.8) is 0 Å². The van der Waals surface area contributed by atoms with Crippen LogP contribution in [0.3, 0.4) is 0 Å². The van der Waals surface area contributed by atoms with E-state index in [1.807, 2.05) is 42.6 Å². The molecule has 3 rings (SSSR count). The van der Waals surface area contributed by atoms with Crippen molar-refractivity contribution >= 4 is 28.0 Å². The molecule has 0 aliphatic heterocycles. The summed E-state index contributed by atoms with van der Waals surface area (Å²) in [5.41, 5.74) is 1.69. The Morgan fingerprint density at radius 2 is 2.09 bits per heavy atom. The first-order valence-corrected chi connectivity index (χ1v) is 9.46. The summed E-state index contributed by atoms with van der Waals surface area (Å²) in [6.45, 7) is 1.86. The molecular formula is C16H18N2O2S2. The van der Waals surface area contributed by atoms with Gasteiger partial charge in [-0.3, -0.25) is 9.00 Å². The van der Waals surface area contributed by atoms with Gasteiger partial charge in [0.1, 0.15) is 5.75 Å². The van der Waals surface area contributed by atoms with Crippen molar-refractivity contribution < 1.29 is 9.00 Å². The first-order valence-electron chi connectivity index (χ1n) is 7.26. The minimum atomic E-state index is -1.37. The molecule has 0 bridgehead atoms. The summed E-state index contributed by atoms with van der Waals surface area (Å²) in [6, 6.07) is 10.0. The zero-order valence-electron chi connectivity index (χ0n) is 12.4. The number of carbonyl (C=O) groups is 1. The predicted octanol–water partition coefficient (Wildman–Crippen LogP) is 2.75. The van der Waals surface area contributed by atoms with E-state index < -0.39 is 10.8 Å². The molecule has 1 saturated carbocycles. The molecule has 116 valence electrons. The zero-order valence-corrected chi connectivity index (χ0v) is 14.0. The molecule has 1 amide bonds. The lowest BCUT2D eigenvalue weighted by Crippen LogP contribution is -2.51. The molecule has 1 heterocycles. The summed E-state index contributed by atoms with van der Waals surface area (Å²) in [6.07, 6.45) is 2.97. The summed E-state index contributed by atoms with van der Waals surface area (Å²) in [4.78, 5) is 16.5. The summed E-state index contributed by atoms with van der Waals surface area (Å²) >= 11 is 1.34. The van der Waals surface area contributed by atoms with E-state index in [1.54, 1.807) is 0 Å². The third kappa shape index (κ3) is 3.13. The van der Waals surface area contributed by atoms with E-state index in [9.17, 15) is 9.00 Å². The first kappa shape index (κ1) is 15.4. The molecule has 2 aromatic rings. The molecule has 22 heavy (non-hydrogen) atoms. The zero-order chi connectivity index (χ0) is 15.6. The molecule has 0 saturated heterocycles. The number of carbonyl (C=O) groups excluding carboxylic acids is 1. The highest BCUT2D eigenvalue weighted by atomic mass is 32.2. The lowest BCUT2D eigenvalue weighted by atomic mass is 9.72. The predicted molar refractivity (Wildman–Crippen MR) is 88.2 cm³/mol. The molecule has 6 heteroatoms. The molecule has 0 spiro atoms. The molecule has 1 aliphatic carbocycles. The first-order chi connectivity index (χ1) is 10.6. The molecule has 1 aromatic heterocycles. The van der Waals surface area contributed by atoms with Gasteiger partial charge in [-0.15, -0.1) is 11.3 Å². The molecule has 4 nitrogen and oxygen atoms in total. The van der Waals surface area contributed by atoms with Crippen molar-refractivity contribution in [3.8, 4) is 0 Å². The Bertz CT molecular complexity index is 693. The van der Waals surface area contributed by atoms with Gasteiger partial charge in [-0.2, -0.15) is 0 Å². The number of hydrogen-bond acceptors (Lipinski definition) is 4. The average molecular weight is 334 g/mol. The van der Waals surface area contributed by atoms with Crippen LogP contribution in [0.15, 0.2) is 40.1 Å². The largest absolute Gasteiger partial charge is 0.346 e. The van der Waals surface area contributed by atoms with E-state index in [0.29, 0.717) is 4.34 Å². The highest BCUT2D eigenvalue weighted by molar-refractivity contribution is 7.87. The lowest BCUT2D eigenvalue weighted by molar-refractivity contribution is -0.121. The fourth-order valence-electron chi connectivity index (χ4n) is 2.69. The van der Waals surface area contributed by atoms with Gasteiger partial charge in [0.05, 0.1) is 16.3 Å². The van der Waals surface area contributed by atoms with E-state index in [4.69, 9.17) is 0 Å². The number of benzene rings is 1. The van der Waals surface area contributed by atoms with Gasteiger partial charge in [0, 0.05) is 11.1 Å². The fourth-order valence-corrected chi connectivity index (χ4v) is 4.64. The van der Waals surface area contributed by atoms with Crippen molar-refractivity contribution in [2.45, 2.75) is 36.1 Å². The van der Waals surface area contributed by atoms with Gasteiger partial charge in [0.15, 0.2) is 4.34 Å². The third-order valence-electron chi connectivity index (χ3n) is 3.97. The van der Waals surface area contributed by atoms with Crippen molar-refractivity contribution in [1.82, 2.24) is 10.3 Å². The Kier molecular flexibility index (Phi) is 4.40. The van der Waals surface area contributed by atoms with Crippen LogP contribution in [0.2, 0.25) is 0 Å². The van der Waals surface area contributed by atoms with Gasteiger partial charge in [-0.05, 0) is 31.7 Å². The number of amides is 1. The van der Waals surface area contributed by atoms with E-state index in [2.05, 4.69) is 10.3 Å². The monoisotopic (exact) mass is 334 g/mol. The molecule has 1 aliphatic rings. The van der Waals surface area contributed by atoms with Crippen LogP contribution < -0.4 is 5.32 Å². The van der Waals surface area contributed by atoms with E-state index in [0.717, 1.165) is 30.5 Å². The van der Waals surface area contributed by atoms with Gasteiger partial charge < -0.3 is 5.32 Å². The van der Waals surface area contributed by atoms with Crippen molar-refractivity contribution in [3.05, 3.63) is 47.0 Å². The second-order valence-electron chi connectivity index (χ2n) is 5.59. The second kappa shape index (κ2) is 6.30. The van der Waals surface area contributed by atoms with Crippen LogP contribution in [0.1, 0.15) is 30.5 Å². The van der Waals surface area contributed by atoms with E-state index in [1.165, 1.54) is 11.3 Å². The molecule has 1 unspecified atom stereocenters. The highest BCUT2D eigenvalue weighted by Gasteiger charge is 2.40. The summed E-state index contributed by atoms with van der Waals surface area (Å²) in [5.74, 6) is -0.198. The molecule has 1 aromatic carbocycles. The second-order valence-corrected chi connectivity index (χ2v) is 8.08. The Labute approximate surface area is 136 Å². The van der Waals surface area contributed by atoms with Crippen LogP contribution in [-0.2, 0) is 21.1 Å². The maximum absolute atomic E-state index is 12.3. The number of rotatable bonds is 5. The maximum atomic E-state index is 12.3. The number of thiazole rings is 1. The fraction of sp³-hybridized carbons (Fsp3) is 0.375. The van der Waals surface area contributed by atoms with Crippen LogP contribution >= 0.6 is 11.3 Å². The van der Waals surface area contributed by atoms with Crippen LogP contribution in [0.25, 0.3) is 0 Å². The van der Waals surface area contributed by atoms with Crippen LogP contribution in [0.5, 0.6) is 0 Å². The van der Waals surface area contributed by atoms with Gasteiger partial charge in [-0.1, -0.05) is 30.3 Å². The maximum Gasteiger partial charge on any atom is 0.233 e. The highest BCUT2D eigenvalue weighted by Crippen LogP contribution is 2.41. The summed E-state index contributed by atoms with van der Waals surface area (Å²) < 4.78 is 12.7. The minimum absolute atomic E-state index is 0.0263. The number of hydrogen-bond donors (Lipinski definition) is 1. The van der Waals surface area contributed by atoms with Gasteiger partial charge in [-0.25, -0.2) is 4.98 Å². The Morgan fingerprint density at radius 3 is 2.64 bits per heavy atom. The molecule has 1 fully saturated rings. The van der Waals surface area contributed by atoms with Crippen LogP contribution in [-0.4, -0.2) is 20.9 Å². The quantitative estimate of drug-likeness (QED) is 0.915. The molecule has 1 N–H and O–H groups in total. The SMILES string of the molecule is Cc1csc(S(=O)CC(=O)NC2(c3ccccc3)CCC2)n1. The smallest absolute Gasteiger partial charge is 0.233 e. The third-order valence-corrected chi connectivity index (χ3v) is 6.57. The van der Waals surface area contributed by atoms with Crippen molar-refractivity contribution in [2.24, 2.45) is 0 Å². The number of nitrogens with one attached hydrogen (secondary N) is 1. The number of aromatic nitrogens is 1. The number of aryl methyl sites for hydroxylation is 1. The lowest BCUT2D eigenvalue weighted by Gasteiger charge is -2.43. The molecule has 1 atom stereocenters. The van der Waals surface area contributed by atoms with Gasteiger partial charge >= 0.3 is 0 Å². The standard InChI is InChI=1S/C16H18N2O2S2/c1-12-10-21-15(17-12)22(20)11-14(19)18-16(8-5-9-16)13-6-3-2-4-7-13/h2-4,6-7,10H,5,8-9,11H2,1H3,(H,18,19). The van der Waals surface area contributed by atoms with Gasteiger partial charge in [0.2, 0.25) is 5.91 Å². The topological polar surface area (TPSA) is 59.1 Å². The summed E-state index contributed by atoms with van der Waals surface area (Å²) in [7, 11) is -1.37. The van der Waals surface area contributed by atoms with Crippen molar-refractivity contribution in [2.75, 3.05) is 5.75 Å². The van der Waals surface area contributed by atoms with E-state index >= 15 is 0 Å². The van der Waals surface area contributed by atoms with E-state index in [-0.39, 0.29) is 17.2 Å². The van der Waals surface area contributed by atoms with Gasteiger partial charge in [0.25, 0.3) is 0 Å². The van der Waals surface area contributed by atoms with Crippen LogP contribution in [0, 0.1) is 6.92 Å². The average Bonchev–Trinajstić information content (AvgIpc) is 2.90. The Balaban J connectivity index is 1.67. The summed E-state index contributed by atoms with van der Waals surface area (Å²) in [5, 5.41) is 4.95. The molecular weight excluding hydrogens is 316 g/mol. The normalized spacial score (nSPS) is 17.5. The van der Waals surface area contributed by atoms with Crippen molar-refractivity contribution in [1.29, 1.82) is 0 Å². The minimum Gasteiger partial charge on any atom is -0.346 e. The number of nitrogens with zero attached hydrogens (tertiary/aromatic N) is 1. The Morgan fingerprint density at radius 1 is 1.36 bits per heavy atom.